The number of allylic oxidation sites excluding steroid dienone is 3. The molecule has 0 aliphatic heterocycles. The zero-order valence-electron chi connectivity index (χ0n) is 19.9. The fourth-order valence-corrected chi connectivity index (χ4v) is 4.15. The minimum Gasteiger partial charge on any atom is -0.481 e. The van der Waals surface area contributed by atoms with Gasteiger partial charge in [-0.25, -0.2) is 4.79 Å². The van der Waals surface area contributed by atoms with Crippen LogP contribution in [0.1, 0.15) is 30.5 Å². The first-order valence-electron chi connectivity index (χ1n) is 11.5. The van der Waals surface area contributed by atoms with Crippen LogP contribution in [0.2, 0.25) is 5.02 Å². The van der Waals surface area contributed by atoms with E-state index in [-0.39, 0.29) is 48.5 Å². The topological polar surface area (TPSA) is 66.8 Å². The van der Waals surface area contributed by atoms with Crippen molar-refractivity contribution in [2.24, 2.45) is 11.8 Å². The van der Waals surface area contributed by atoms with Crippen LogP contribution in [0.25, 0.3) is 11.1 Å². The van der Waals surface area contributed by atoms with Crippen molar-refractivity contribution in [2.75, 3.05) is 13.2 Å². The van der Waals surface area contributed by atoms with Crippen molar-refractivity contribution < 1.29 is 32.6 Å². The van der Waals surface area contributed by atoms with Crippen LogP contribution < -0.4 is 0 Å². The Morgan fingerprint density at radius 2 is 1.81 bits per heavy atom. The van der Waals surface area contributed by atoms with E-state index in [1.165, 1.54) is 17.0 Å². The van der Waals surface area contributed by atoms with Gasteiger partial charge in [-0.2, -0.15) is 13.2 Å². The standard InChI is InChI=1S/C27H27ClF3NO4/c1-3-32(26(35)36-16-19-7-5-4-6-17(19)2)15-21-13-22(27(29,30)31)9-10-23(21)18-8-11-24(28)20(12-18)14-25(33)34/h4-13,17,19H,3,14-16H2,1-2H3,(H,33,34). The summed E-state index contributed by atoms with van der Waals surface area (Å²) in [6.45, 7) is 3.97. The Hall–Kier alpha value is -3.26. The normalized spacial score (nSPS) is 17.2. The molecule has 9 heteroatoms. The average Bonchev–Trinajstić information content (AvgIpc) is 2.82. The molecule has 0 saturated carbocycles. The number of aliphatic carboxylic acids is 1. The number of halogens is 4. The molecule has 2 aromatic carbocycles. The number of carbonyl (C=O) groups excluding carboxylic acids is 1. The molecule has 36 heavy (non-hydrogen) atoms. The molecule has 5 nitrogen and oxygen atoms in total. The quantitative estimate of drug-likeness (QED) is 0.406. The van der Waals surface area contributed by atoms with Crippen LogP contribution in [0.5, 0.6) is 0 Å². The molecule has 0 heterocycles. The highest BCUT2D eigenvalue weighted by molar-refractivity contribution is 6.31. The molecular weight excluding hydrogens is 495 g/mol. The maximum atomic E-state index is 13.5. The van der Waals surface area contributed by atoms with Crippen molar-refractivity contribution >= 4 is 23.7 Å². The third kappa shape index (κ3) is 6.91. The van der Waals surface area contributed by atoms with Crippen LogP contribution in [0, 0.1) is 11.8 Å². The fraction of sp³-hybridized carbons (Fsp3) is 0.333. The van der Waals surface area contributed by atoms with Crippen LogP contribution >= 0.6 is 11.6 Å². The SMILES string of the molecule is CCN(Cc1cc(C(F)(F)F)ccc1-c1ccc(Cl)c(CC(=O)O)c1)C(=O)OCC1C=CC=CC1C. The summed E-state index contributed by atoms with van der Waals surface area (Å²) >= 11 is 6.12. The van der Waals surface area contributed by atoms with E-state index in [1.54, 1.807) is 19.1 Å². The van der Waals surface area contributed by atoms with E-state index >= 15 is 0 Å². The molecule has 1 aliphatic rings. The Bertz CT molecular complexity index is 1180. The van der Waals surface area contributed by atoms with Crippen molar-refractivity contribution in [3.05, 3.63) is 82.4 Å². The van der Waals surface area contributed by atoms with Crippen LogP contribution in [-0.2, 0) is 28.7 Å². The van der Waals surface area contributed by atoms with Crippen LogP contribution in [0.3, 0.4) is 0 Å². The maximum Gasteiger partial charge on any atom is 0.416 e. The van der Waals surface area contributed by atoms with Crippen LogP contribution in [0.4, 0.5) is 18.0 Å². The molecular formula is C27H27ClF3NO4. The van der Waals surface area contributed by atoms with E-state index in [4.69, 9.17) is 21.4 Å². The second-order valence-corrected chi connectivity index (χ2v) is 9.04. The molecule has 0 aromatic heterocycles. The molecule has 0 fully saturated rings. The monoisotopic (exact) mass is 521 g/mol. The smallest absolute Gasteiger partial charge is 0.416 e. The predicted molar refractivity (Wildman–Crippen MR) is 132 cm³/mol. The van der Waals surface area contributed by atoms with Gasteiger partial charge in [-0.3, -0.25) is 4.79 Å². The van der Waals surface area contributed by atoms with Gasteiger partial charge in [0.2, 0.25) is 0 Å². The molecule has 0 radical (unpaired) electrons. The summed E-state index contributed by atoms with van der Waals surface area (Å²) in [7, 11) is 0. The molecule has 0 spiro atoms. The molecule has 0 bridgehead atoms. The van der Waals surface area contributed by atoms with Gasteiger partial charge < -0.3 is 14.7 Å². The van der Waals surface area contributed by atoms with E-state index in [1.807, 2.05) is 31.2 Å². The highest BCUT2D eigenvalue weighted by atomic mass is 35.5. The van der Waals surface area contributed by atoms with Gasteiger partial charge in [0.1, 0.15) is 6.61 Å². The van der Waals surface area contributed by atoms with Crippen LogP contribution in [-0.4, -0.2) is 35.2 Å². The third-order valence-corrected chi connectivity index (χ3v) is 6.46. The van der Waals surface area contributed by atoms with Gasteiger partial charge in [0.15, 0.2) is 0 Å². The summed E-state index contributed by atoms with van der Waals surface area (Å²) in [6.07, 6.45) is 2.24. The fourth-order valence-electron chi connectivity index (χ4n) is 3.96. The Morgan fingerprint density at radius 1 is 1.08 bits per heavy atom. The van der Waals surface area contributed by atoms with E-state index in [0.29, 0.717) is 16.7 Å². The number of carboxylic acid groups (broad SMARTS) is 1. The molecule has 192 valence electrons. The number of nitrogens with zero attached hydrogens (tertiary/aromatic N) is 1. The highest BCUT2D eigenvalue weighted by Crippen LogP contribution is 2.35. The summed E-state index contributed by atoms with van der Waals surface area (Å²) in [5, 5.41) is 9.40. The number of carboxylic acids is 1. The minimum absolute atomic E-state index is 0.0171. The first-order chi connectivity index (χ1) is 17.0. The lowest BCUT2D eigenvalue weighted by atomic mass is 9.91. The molecule has 2 atom stereocenters. The third-order valence-electron chi connectivity index (χ3n) is 6.09. The predicted octanol–water partition coefficient (Wildman–Crippen LogP) is 6.99. The molecule has 2 aromatic rings. The molecule has 0 saturated heterocycles. The first kappa shape index (κ1) is 27.3. The average molecular weight is 522 g/mol. The lowest BCUT2D eigenvalue weighted by Gasteiger charge is -2.25. The zero-order valence-corrected chi connectivity index (χ0v) is 20.6. The molecule has 1 amide bonds. The van der Waals surface area contributed by atoms with E-state index in [9.17, 15) is 22.8 Å². The summed E-state index contributed by atoms with van der Waals surface area (Å²) < 4.78 is 46.0. The molecule has 1 N–H and O–H groups in total. The van der Waals surface area contributed by atoms with Crippen LogP contribution in [0.15, 0.2) is 60.7 Å². The number of hydrogen-bond donors (Lipinski definition) is 1. The summed E-state index contributed by atoms with van der Waals surface area (Å²) in [4.78, 5) is 25.4. The second-order valence-electron chi connectivity index (χ2n) is 8.63. The second kappa shape index (κ2) is 11.6. The Morgan fingerprint density at radius 3 is 2.44 bits per heavy atom. The Kier molecular flexibility index (Phi) is 8.84. The van der Waals surface area contributed by atoms with Gasteiger partial charge in [-0.1, -0.05) is 55.0 Å². The lowest BCUT2D eigenvalue weighted by molar-refractivity contribution is -0.138. The van der Waals surface area contributed by atoms with Gasteiger partial charge in [0.05, 0.1) is 12.0 Å². The number of amides is 1. The summed E-state index contributed by atoms with van der Waals surface area (Å²) in [5.41, 5.74) is 0.672. The Balaban J connectivity index is 1.91. The minimum atomic E-state index is -4.57. The Labute approximate surface area is 212 Å². The van der Waals surface area contributed by atoms with Crippen molar-refractivity contribution in [3.8, 4) is 11.1 Å². The summed E-state index contributed by atoms with van der Waals surface area (Å²) in [6, 6.07) is 7.96. The highest BCUT2D eigenvalue weighted by Gasteiger charge is 2.31. The number of carbonyl (C=O) groups is 2. The summed E-state index contributed by atoms with van der Waals surface area (Å²) in [5.74, 6) is -0.874. The molecule has 1 aliphatic carbocycles. The van der Waals surface area contributed by atoms with Gasteiger partial charge >= 0.3 is 18.2 Å². The number of rotatable bonds is 8. The largest absolute Gasteiger partial charge is 0.481 e. The van der Waals surface area contributed by atoms with E-state index in [2.05, 4.69) is 0 Å². The number of hydrogen-bond acceptors (Lipinski definition) is 3. The zero-order chi connectivity index (χ0) is 26.5. The van der Waals surface area contributed by atoms with Gasteiger partial charge in [-0.05, 0) is 59.4 Å². The van der Waals surface area contributed by atoms with Gasteiger partial charge in [0.25, 0.3) is 0 Å². The number of ether oxygens (including phenoxy) is 1. The van der Waals surface area contributed by atoms with Crippen molar-refractivity contribution in [1.29, 1.82) is 0 Å². The van der Waals surface area contributed by atoms with E-state index < -0.39 is 23.8 Å². The van der Waals surface area contributed by atoms with Crippen molar-refractivity contribution in [3.63, 3.8) is 0 Å². The van der Waals surface area contributed by atoms with Gasteiger partial charge in [0, 0.05) is 24.0 Å². The number of benzene rings is 2. The van der Waals surface area contributed by atoms with Crippen molar-refractivity contribution in [2.45, 2.75) is 33.0 Å². The van der Waals surface area contributed by atoms with E-state index in [0.717, 1.165) is 12.1 Å². The van der Waals surface area contributed by atoms with Gasteiger partial charge in [-0.15, -0.1) is 0 Å². The lowest BCUT2D eigenvalue weighted by Crippen LogP contribution is -2.33. The number of alkyl halides is 3. The molecule has 2 unspecified atom stereocenters. The molecule has 3 rings (SSSR count). The first-order valence-corrected chi connectivity index (χ1v) is 11.8. The van der Waals surface area contributed by atoms with Crippen molar-refractivity contribution in [1.82, 2.24) is 4.90 Å². The maximum absolute atomic E-state index is 13.5.